The van der Waals surface area contributed by atoms with Crippen LogP contribution in [-0.2, 0) is 6.42 Å². The number of rotatable bonds is 16. The highest BCUT2D eigenvalue weighted by Crippen LogP contribution is 2.14. The van der Waals surface area contributed by atoms with E-state index in [2.05, 4.69) is 11.9 Å². The molecule has 0 aliphatic carbocycles. The first kappa shape index (κ1) is 20.3. The first-order valence-corrected chi connectivity index (χ1v) is 10.2. The van der Waals surface area contributed by atoms with E-state index in [1.807, 2.05) is 13.1 Å². The van der Waals surface area contributed by atoms with E-state index >= 15 is 0 Å². The second-order valence-electron chi connectivity index (χ2n) is 7.06. The summed E-state index contributed by atoms with van der Waals surface area (Å²) in [7, 11) is 0. The maximum Gasteiger partial charge on any atom is 0.194 e. The van der Waals surface area contributed by atoms with Gasteiger partial charge in [0.05, 0.1) is 6.20 Å². The van der Waals surface area contributed by atoms with Crippen molar-refractivity contribution in [3.8, 4) is 0 Å². The summed E-state index contributed by atoms with van der Waals surface area (Å²) in [6, 6.07) is 0. The lowest BCUT2D eigenvalue weighted by Gasteiger charge is -2.03. The Morgan fingerprint density at radius 1 is 0.696 bits per heavy atom. The van der Waals surface area contributed by atoms with E-state index in [9.17, 15) is 0 Å². The molecule has 0 aliphatic heterocycles. The average Bonchev–Trinajstić information content (AvgIpc) is 2.96. The molecular formula is C21H39NO. The Kier molecular flexibility index (Phi) is 13.0. The van der Waals surface area contributed by atoms with Crippen LogP contribution >= 0.6 is 0 Å². The molecule has 0 amide bonds. The van der Waals surface area contributed by atoms with Gasteiger partial charge in [0.2, 0.25) is 0 Å². The predicted octanol–water partition coefficient (Wildman–Crippen LogP) is 7.40. The average molecular weight is 322 g/mol. The zero-order valence-corrected chi connectivity index (χ0v) is 15.7. The van der Waals surface area contributed by atoms with E-state index < -0.39 is 0 Å². The SMILES string of the molecule is CCCCCCCCCCCCCCCCCc1ncc(C)o1. The summed E-state index contributed by atoms with van der Waals surface area (Å²) in [6.07, 6.45) is 24.0. The van der Waals surface area contributed by atoms with Gasteiger partial charge < -0.3 is 4.42 Å². The van der Waals surface area contributed by atoms with Gasteiger partial charge >= 0.3 is 0 Å². The molecular weight excluding hydrogens is 282 g/mol. The summed E-state index contributed by atoms with van der Waals surface area (Å²) in [5.74, 6) is 1.85. The minimum atomic E-state index is 0.914. The van der Waals surface area contributed by atoms with Crippen LogP contribution in [0.25, 0.3) is 0 Å². The molecule has 0 radical (unpaired) electrons. The largest absolute Gasteiger partial charge is 0.446 e. The standard InChI is InChI=1S/C21H39NO/c1-3-4-5-6-7-8-9-10-11-12-13-14-15-16-17-18-21-22-19-20(2)23-21/h19H,3-18H2,1-2H3. The number of oxazole rings is 1. The molecule has 0 N–H and O–H groups in total. The highest BCUT2D eigenvalue weighted by molar-refractivity contribution is 4.90. The number of hydrogen-bond acceptors (Lipinski definition) is 2. The van der Waals surface area contributed by atoms with Crippen LogP contribution in [0.4, 0.5) is 0 Å². The second kappa shape index (κ2) is 14.8. The smallest absolute Gasteiger partial charge is 0.194 e. The molecule has 0 aliphatic rings. The molecule has 0 spiro atoms. The van der Waals surface area contributed by atoms with Gasteiger partial charge in [-0.3, -0.25) is 0 Å². The minimum absolute atomic E-state index is 0.914. The van der Waals surface area contributed by atoms with E-state index in [1.165, 1.54) is 96.3 Å². The number of unbranched alkanes of at least 4 members (excludes halogenated alkanes) is 14. The molecule has 0 bridgehead atoms. The number of nitrogens with zero attached hydrogens (tertiary/aromatic N) is 1. The molecule has 0 saturated carbocycles. The lowest BCUT2D eigenvalue weighted by Crippen LogP contribution is -1.86. The highest BCUT2D eigenvalue weighted by Gasteiger charge is 2.00. The zero-order chi connectivity index (χ0) is 16.6. The molecule has 0 saturated heterocycles. The van der Waals surface area contributed by atoms with Gasteiger partial charge in [0.25, 0.3) is 0 Å². The maximum absolute atomic E-state index is 5.49. The van der Waals surface area contributed by atoms with Crippen LogP contribution < -0.4 is 0 Å². The predicted molar refractivity (Wildman–Crippen MR) is 99.9 cm³/mol. The van der Waals surface area contributed by atoms with Crippen molar-refractivity contribution in [3.63, 3.8) is 0 Å². The Bertz CT molecular complexity index is 358. The Morgan fingerprint density at radius 2 is 1.13 bits per heavy atom. The number of aryl methyl sites for hydroxylation is 2. The maximum atomic E-state index is 5.49. The lowest BCUT2D eigenvalue weighted by molar-refractivity contribution is 0.457. The zero-order valence-electron chi connectivity index (χ0n) is 15.7. The van der Waals surface area contributed by atoms with Crippen molar-refractivity contribution in [3.05, 3.63) is 17.8 Å². The van der Waals surface area contributed by atoms with Crippen molar-refractivity contribution >= 4 is 0 Å². The number of hydrogen-bond donors (Lipinski definition) is 0. The van der Waals surface area contributed by atoms with Crippen molar-refractivity contribution in [2.45, 2.75) is 117 Å². The quantitative estimate of drug-likeness (QED) is 0.296. The monoisotopic (exact) mass is 321 g/mol. The van der Waals surface area contributed by atoms with Crippen molar-refractivity contribution in [2.75, 3.05) is 0 Å². The van der Waals surface area contributed by atoms with Crippen LogP contribution in [0, 0.1) is 6.92 Å². The lowest BCUT2D eigenvalue weighted by atomic mass is 10.0. The summed E-state index contributed by atoms with van der Waals surface area (Å²) in [4.78, 5) is 4.25. The van der Waals surface area contributed by atoms with Crippen molar-refractivity contribution in [2.24, 2.45) is 0 Å². The van der Waals surface area contributed by atoms with Crippen LogP contribution in [0.2, 0.25) is 0 Å². The van der Waals surface area contributed by atoms with Gasteiger partial charge in [0, 0.05) is 6.42 Å². The van der Waals surface area contributed by atoms with Crippen LogP contribution in [0.1, 0.15) is 115 Å². The fraction of sp³-hybridized carbons (Fsp3) is 0.857. The molecule has 0 aromatic carbocycles. The Balaban J connectivity index is 1.71. The van der Waals surface area contributed by atoms with E-state index in [0.717, 1.165) is 18.1 Å². The molecule has 1 aromatic heterocycles. The van der Waals surface area contributed by atoms with Gasteiger partial charge in [-0.1, -0.05) is 96.8 Å². The summed E-state index contributed by atoms with van der Waals surface area (Å²) in [5, 5.41) is 0. The van der Waals surface area contributed by atoms with Crippen molar-refractivity contribution < 1.29 is 4.42 Å². The molecule has 0 unspecified atom stereocenters. The van der Waals surface area contributed by atoms with Gasteiger partial charge in [0.1, 0.15) is 5.76 Å². The van der Waals surface area contributed by atoms with E-state index in [1.54, 1.807) is 0 Å². The van der Waals surface area contributed by atoms with Crippen LogP contribution in [0.3, 0.4) is 0 Å². The van der Waals surface area contributed by atoms with E-state index in [-0.39, 0.29) is 0 Å². The van der Waals surface area contributed by atoms with Gasteiger partial charge in [-0.2, -0.15) is 0 Å². The van der Waals surface area contributed by atoms with Gasteiger partial charge in [-0.05, 0) is 13.3 Å². The summed E-state index contributed by atoms with van der Waals surface area (Å²) in [5.41, 5.74) is 0. The molecule has 2 heteroatoms. The van der Waals surface area contributed by atoms with Crippen molar-refractivity contribution in [1.82, 2.24) is 4.98 Å². The summed E-state index contributed by atoms with van der Waals surface area (Å²) >= 11 is 0. The molecule has 1 aromatic rings. The Labute approximate surface area is 144 Å². The van der Waals surface area contributed by atoms with E-state index in [0.29, 0.717) is 0 Å². The molecule has 2 nitrogen and oxygen atoms in total. The normalized spacial score (nSPS) is 11.2. The van der Waals surface area contributed by atoms with Crippen molar-refractivity contribution in [1.29, 1.82) is 0 Å². The first-order chi connectivity index (χ1) is 11.3. The Morgan fingerprint density at radius 3 is 1.52 bits per heavy atom. The first-order valence-electron chi connectivity index (χ1n) is 10.2. The van der Waals surface area contributed by atoms with Gasteiger partial charge in [-0.15, -0.1) is 0 Å². The summed E-state index contributed by atoms with van der Waals surface area (Å²) in [6.45, 7) is 4.25. The molecule has 23 heavy (non-hydrogen) atoms. The third kappa shape index (κ3) is 12.3. The molecule has 0 fully saturated rings. The molecule has 0 atom stereocenters. The van der Waals surface area contributed by atoms with Crippen LogP contribution in [-0.4, -0.2) is 4.98 Å². The summed E-state index contributed by atoms with van der Waals surface area (Å²) < 4.78 is 5.49. The minimum Gasteiger partial charge on any atom is -0.446 e. The van der Waals surface area contributed by atoms with Crippen LogP contribution in [0.5, 0.6) is 0 Å². The topological polar surface area (TPSA) is 26.0 Å². The van der Waals surface area contributed by atoms with Crippen LogP contribution in [0.15, 0.2) is 10.6 Å². The van der Waals surface area contributed by atoms with E-state index in [4.69, 9.17) is 4.42 Å². The number of aromatic nitrogens is 1. The fourth-order valence-electron chi connectivity index (χ4n) is 3.16. The molecule has 1 rings (SSSR count). The van der Waals surface area contributed by atoms with Gasteiger partial charge in [-0.25, -0.2) is 4.98 Å². The molecule has 134 valence electrons. The fourth-order valence-corrected chi connectivity index (χ4v) is 3.16. The highest BCUT2D eigenvalue weighted by atomic mass is 16.3. The van der Waals surface area contributed by atoms with Gasteiger partial charge in [0.15, 0.2) is 5.89 Å². The Hall–Kier alpha value is -0.790. The third-order valence-electron chi connectivity index (χ3n) is 4.66. The molecule has 1 heterocycles. The second-order valence-corrected chi connectivity index (χ2v) is 7.06. The third-order valence-corrected chi connectivity index (χ3v) is 4.66.